The van der Waals surface area contributed by atoms with Crippen LogP contribution < -0.4 is 5.73 Å². The van der Waals surface area contributed by atoms with Gasteiger partial charge in [-0.2, -0.15) is 0 Å². The number of nitrogens with two attached hydrogens (primary N) is 1. The summed E-state index contributed by atoms with van der Waals surface area (Å²) in [7, 11) is 0. The molecule has 2 aromatic rings. The topological polar surface area (TPSA) is 79.5 Å². The quantitative estimate of drug-likeness (QED) is 0.817. The Bertz CT molecular complexity index is 964. The molecule has 0 saturated carbocycles. The minimum absolute atomic E-state index is 0.0417. The molecular weight excluding hydrogens is 364 g/mol. The molecular formula is C23H30N4O2. The van der Waals surface area contributed by atoms with E-state index in [1.165, 1.54) is 5.56 Å². The summed E-state index contributed by atoms with van der Waals surface area (Å²) in [6.07, 6.45) is 0. The minimum atomic E-state index is -0.182. The molecule has 1 aromatic carbocycles. The molecule has 0 radical (unpaired) electrons. The lowest BCUT2D eigenvalue weighted by atomic mass is 9.90. The first-order valence-corrected chi connectivity index (χ1v) is 10.2. The van der Waals surface area contributed by atoms with Gasteiger partial charge in [0.1, 0.15) is 12.2 Å². The zero-order chi connectivity index (χ0) is 21.3. The van der Waals surface area contributed by atoms with Crippen LogP contribution in [0.25, 0.3) is 11.1 Å². The van der Waals surface area contributed by atoms with Crippen molar-refractivity contribution < 1.29 is 9.59 Å². The van der Waals surface area contributed by atoms with Crippen molar-refractivity contribution in [3.05, 3.63) is 51.8 Å². The molecule has 0 bridgehead atoms. The number of amides is 2. The molecule has 2 amide bonds. The van der Waals surface area contributed by atoms with E-state index in [9.17, 15) is 9.59 Å². The summed E-state index contributed by atoms with van der Waals surface area (Å²) in [5.74, 6) is -0.224. The Kier molecular flexibility index (Phi) is 6.03. The molecule has 1 aliphatic heterocycles. The maximum atomic E-state index is 13.1. The summed E-state index contributed by atoms with van der Waals surface area (Å²) in [6, 6.07) is 6.30. The first-order chi connectivity index (χ1) is 13.8. The predicted molar refractivity (Wildman–Crippen MR) is 114 cm³/mol. The van der Waals surface area contributed by atoms with Gasteiger partial charge in [0.05, 0.1) is 0 Å². The number of nitrogens with zero attached hydrogens (tertiary/aromatic N) is 3. The summed E-state index contributed by atoms with van der Waals surface area (Å²) in [4.78, 5) is 33.6. The minimum Gasteiger partial charge on any atom is -0.342 e. The van der Waals surface area contributed by atoms with Gasteiger partial charge >= 0.3 is 0 Å². The van der Waals surface area contributed by atoms with E-state index in [4.69, 9.17) is 5.73 Å². The fourth-order valence-electron chi connectivity index (χ4n) is 4.16. The van der Waals surface area contributed by atoms with E-state index >= 15 is 0 Å². The molecule has 1 aliphatic rings. The second kappa shape index (κ2) is 8.33. The van der Waals surface area contributed by atoms with E-state index in [-0.39, 0.29) is 18.4 Å². The molecule has 1 aromatic heterocycles. The van der Waals surface area contributed by atoms with E-state index in [0.717, 1.165) is 33.5 Å². The summed E-state index contributed by atoms with van der Waals surface area (Å²) in [5, 5.41) is 0. The van der Waals surface area contributed by atoms with Crippen LogP contribution in [-0.4, -0.2) is 46.2 Å². The Morgan fingerprint density at radius 3 is 2.48 bits per heavy atom. The average molecular weight is 395 g/mol. The monoisotopic (exact) mass is 394 g/mol. The number of aryl methyl sites for hydroxylation is 3. The third-order valence-electron chi connectivity index (χ3n) is 5.74. The number of aromatic nitrogens is 1. The van der Waals surface area contributed by atoms with Crippen LogP contribution in [0.2, 0.25) is 0 Å². The van der Waals surface area contributed by atoms with Crippen LogP contribution in [-0.2, 0) is 17.9 Å². The van der Waals surface area contributed by atoms with Crippen molar-refractivity contribution in [2.45, 2.75) is 47.7 Å². The van der Waals surface area contributed by atoms with E-state index < -0.39 is 0 Å². The van der Waals surface area contributed by atoms with Gasteiger partial charge in [0.15, 0.2) is 0 Å². The highest BCUT2D eigenvalue weighted by molar-refractivity contribution is 6.01. The lowest BCUT2D eigenvalue weighted by Gasteiger charge is -2.22. The van der Waals surface area contributed by atoms with Crippen LogP contribution in [0.1, 0.15) is 52.3 Å². The molecule has 0 spiro atoms. The maximum absolute atomic E-state index is 13.1. The van der Waals surface area contributed by atoms with Crippen LogP contribution in [0.15, 0.2) is 18.2 Å². The van der Waals surface area contributed by atoms with Gasteiger partial charge in [0, 0.05) is 37.4 Å². The highest BCUT2D eigenvalue weighted by Gasteiger charge is 2.35. The van der Waals surface area contributed by atoms with Crippen molar-refractivity contribution in [2.24, 2.45) is 5.73 Å². The second-order valence-corrected chi connectivity index (χ2v) is 7.63. The molecule has 0 unspecified atom stereocenters. The number of benzene rings is 1. The smallest absolute Gasteiger partial charge is 0.273 e. The first-order valence-electron chi connectivity index (χ1n) is 10.2. The zero-order valence-corrected chi connectivity index (χ0v) is 18.0. The van der Waals surface area contributed by atoms with Crippen molar-refractivity contribution in [2.75, 3.05) is 19.6 Å². The molecule has 0 atom stereocenters. The number of fused-ring (bicyclic) bond motifs is 1. The van der Waals surface area contributed by atoms with Gasteiger partial charge in [0.25, 0.3) is 5.91 Å². The van der Waals surface area contributed by atoms with Crippen molar-refractivity contribution in [1.29, 1.82) is 0 Å². The van der Waals surface area contributed by atoms with Crippen LogP contribution in [0, 0.1) is 20.8 Å². The molecule has 0 saturated heterocycles. The molecule has 29 heavy (non-hydrogen) atoms. The normalized spacial score (nSPS) is 13.0. The van der Waals surface area contributed by atoms with E-state index in [2.05, 4.69) is 37.0 Å². The highest BCUT2D eigenvalue weighted by Crippen LogP contribution is 2.37. The van der Waals surface area contributed by atoms with Crippen molar-refractivity contribution in [3.63, 3.8) is 0 Å². The molecule has 0 fully saturated rings. The third kappa shape index (κ3) is 3.77. The number of carbonyl (C=O) groups is 2. The molecule has 154 valence electrons. The van der Waals surface area contributed by atoms with E-state index in [0.29, 0.717) is 31.9 Å². The summed E-state index contributed by atoms with van der Waals surface area (Å²) in [5.41, 5.74) is 13.5. The summed E-state index contributed by atoms with van der Waals surface area (Å²) >= 11 is 0. The van der Waals surface area contributed by atoms with Crippen molar-refractivity contribution in [1.82, 2.24) is 14.8 Å². The number of hydrogen-bond acceptors (Lipinski definition) is 4. The Morgan fingerprint density at radius 2 is 1.90 bits per heavy atom. The van der Waals surface area contributed by atoms with Gasteiger partial charge in [-0.25, -0.2) is 4.98 Å². The lowest BCUT2D eigenvalue weighted by molar-refractivity contribution is -0.131. The van der Waals surface area contributed by atoms with E-state index in [1.807, 2.05) is 20.8 Å². The number of rotatable bonds is 6. The van der Waals surface area contributed by atoms with Gasteiger partial charge in [-0.05, 0) is 56.9 Å². The molecule has 6 heteroatoms. The van der Waals surface area contributed by atoms with Gasteiger partial charge in [-0.3, -0.25) is 9.59 Å². The fourth-order valence-corrected chi connectivity index (χ4v) is 4.16. The van der Waals surface area contributed by atoms with Gasteiger partial charge in [0.2, 0.25) is 5.91 Å². The lowest BCUT2D eigenvalue weighted by Crippen LogP contribution is -2.40. The Morgan fingerprint density at radius 1 is 1.21 bits per heavy atom. The number of hydrogen-bond donors (Lipinski definition) is 1. The standard InChI is InChI=1S/C23H30N4O2/c1-6-26(7-2)20(28)13-27-12-19-21(17-9-8-14(3)10-15(17)4)18(11-24)16(5)25-22(19)23(27)29/h8-10H,6-7,11-13,24H2,1-5H3. The molecule has 6 nitrogen and oxygen atoms in total. The average Bonchev–Trinajstić information content (AvgIpc) is 2.97. The van der Waals surface area contributed by atoms with E-state index in [1.54, 1.807) is 9.80 Å². The number of likely N-dealkylation sites (N-methyl/N-ethyl adjacent to an activating group) is 1. The maximum Gasteiger partial charge on any atom is 0.273 e. The summed E-state index contributed by atoms with van der Waals surface area (Å²) < 4.78 is 0. The summed E-state index contributed by atoms with van der Waals surface area (Å²) in [6.45, 7) is 12.0. The first kappa shape index (κ1) is 21.0. The Hall–Kier alpha value is -2.73. The zero-order valence-electron chi connectivity index (χ0n) is 18.0. The second-order valence-electron chi connectivity index (χ2n) is 7.63. The van der Waals surface area contributed by atoms with Gasteiger partial charge in [-0.15, -0.1) is 0 Å². The Balaban J connectivity index is 2.08. The van der Waals surface area contributed by atoms with Gasteiger partial charge in [-0.1, -0.05) is 23.8 Å². The number of pyridine rings is 1. The molecule has 3 rings (SSSR count). The Labute approximate surface area is 172 Å². The van der Waals surface area contributed by atoms with Crippen LogP contribution in [0.5, 0.6) is 0 Å². The van der Waals surface area contributed by atoms with Gasteiger partial charge < -0.3 is 15.5 Å². The SMILES string of the molecule is CCN(CC)C(=O)CN1Cc2c(nc(C)c(CN)c2-c2ccc(C)cc2C)C1=O. The highest BCUT2D eigenvalue weighted by atomic mass is 16.2. The predicted octanol–water partition coefficient (Wildman–Crippen LogP) is 2.96. The van der Waals surface area contributed by atoms with Crippen LogP contribution in [0.3, 0.4) is 0 Å². The number of carbonyl (C=O) groups excluding carboxylic acids is 2. The fraction of sp³-hybridized carbons (Fsp3) is 0.435. The van der Waals surface area contributed by atoms with Crippen molar-refractivity contribution in [3.8, 4) is 11.1 Å². The van der Waals surface area contributed by atoms with Crippen molar-refractivity contribution >= 4 is 11.8 Å². The van der Waals surface area contributed by atoms with Crippen LogP contribution in [0.4, 0.5) is 0 Å². The largest absolute Gasteiger partial charge is 0.342 e. The molecule has 0 aliphatic carbocycles. The molecule has 2 N–H and O–H groups in total. The third-order valence-corrected chi connectivity index (χ3v) is 5.74. The van der Waals surface area contributed by atoms with Crippen LogP contribution >= 0.6 is 0 Å². The molecule has 2 heterocycles.